The van der Waals surface area contributed by atoms with Crippen LogP contribution < -0.4 is 4.57 Å². The second-order valence-corrected chi connectivity index (χ2v) is 16.4. The van der Waals surface area contributed by atoms with Gasteiger partial charge in [-0.1, -0.05) is 98.3 Å². The molecule has 0 radical (unpaired) electrons. The number of hydrogen-bond acceptors (Lipinski definition) is 1. The molecule has 0 N–H and O–H groups in total. The molecule has 2 heterocycles. The Morgan fingerprint density at radius 2 is 1.34 bits per heavy atom. The van der Waals surface area contributed by atoms with Crippen LogP contribution in [0.15, 0.2) is 52.4 Å². The molecule has 5 rings (SSSR count). The van der Waals surface area contributed by atoms with Gasteiger partial charge >= 0.3 is 0 Å². The molecule has 0 saturated heterocycles. The summed E-state index contributed by atoms with van der Waals surface area (Å²) in [6.07, 6.45) is 5.51. The molecule has 4 aromatic rings. The molecule has 0 spiro atoms. The van der Waals surface area contributed by atoms with Crippen molar-refractivity contribution in [1.29, 1.82) is 0 Å². The van der Waals surface area contributed by atoms with Crippen LogP contribution in [0.3, 0.4) is 0 Å². The Kier molecular flexibility index (Phi) is 6.54. The molecule has 0 unspecified atom stereocenters. The van der Waals surface area contributed by atoms with Gasteiger partial charge in [-0.05, 0) is 86.9 Å². The fourth-order valence-electron chi connectivity index (χ4n) is 6.30. The lowest BCUT2D eigenvalue weighted by Gasteiger charge is -2.29. The van der Waals surface area contributed by atoms with Crippen LogP contribution in [0.4, 0.5) is 0 Å². The van der Waals surface area contributed by atoms with Crippen molar-refractivity contribution >= 4 is 33.3 Å². The van der Waals surface area contributed by atoms with Crippen LogP contribution in [0.25, 0.3) is 32.8 Å². The SMILES string of the molecule is Cc1c2c(c(CC(C)(C)C)c3cc(CC(C)(C)C)ccc13)Sc1cc(CC(C)(C)C)cc3cc[n+](C)c-2c13. The Morgan fingerprint density at radius 1 is 0.711 bits per heavy atom. The minimum atomic E-state index is 0.194. The first-order valence-corrected chi connectivity index (χ1v) is 15.0. The van der Waals surface area contributed by atoms with E-state index in [1.807, 2.05) is 11.8 Å². The van der Waals surface area contributed by atoms with E-state index in [9.17, 15) is 0 Å². The van der Waals surface area contributed by atoms with Crippen LogP contribution >= 0.6 is 11.8 Å². The molecule has 0 saturated carbocycles. The van der Waals surface area contributed by atoms with Gasteiger partial charge in [0.05, 0.1) is 10.9 Å². The van der Waals surface area contributed by atoms with Gasteiger partial charge in [0.1, 0.15) is 7.05 Å². The van der Waals surface area contributed by atoms with Gasteiger partial charge in [-0.25, -0.2) is 4.57 Å². The average Bonchev–Trinajstić information content (AvgIpc) is 2.75. The molecule has 2 heteroatoms. The third-order valence-electron chi connectivity index (χ3n) is 7.57. The monoisotopic (exact) mass is 524 g/mol. The van der Waals surface area contributed by atoms with Gasteiger partial charge in [0.25, 0.3) is 0 Å². The van der Waals surface area contributed by atoms with E-state index in [2.05, 4.69) is 123 Å². The van der Waals surface area contributed by atoms with E-state index in [4.69, 9.17) is 0 Å². The first-order valence-electron chi connectivity index (χ1n) is 14.2. The third-order valence-corrected chi connectivity index (χ3v) is 8.77. The molecule has 200 valence electrons. The summed E-state index contributed by atoms with van der Waals surface area (Å²) in [4.78, 5) is 2.89. The van der Waals surface area contributed by atoms with Crippen molar-refractivity contribution in [3.05, 3.63) is 64.8 Å². The van der Waals surface area contributed by atoms with Crippen molar-refractivity contribution in [2.45, 2.75) is 98.3 Å². The molecule has 1 aliphatic heterocycles. The van der Waals surface area contributed by atoms with Crippen molar-refractivity contribution in [2.24, 2.45) is 23.3 Å². The van der Waals surface area contributed by atoms with Crippen LogP contribution in [0, 0.1) is 23.2 Å². The van der Waals surface area contributed by atoms with E-state index < -0.39 is 0 Å². The number of pyridine rings is 1. The summed E-state index contributed by atoms with van der Waals surface area (Å²) >= 11 is 2.03. The highest BCUT2D eigenvalue weighted by Crippen LogP contribution is 2.53. The topological polar surface area (TPSA) is 3.88 Å². The van der Waals surface area contributed by atoms with Crippen LogP contribution in [-0.2, 0) is 26.3 Å². The van der Waals surface area contributed by atoms with Gasteiger partial charge in [-0.3, -0.25) is 0 Å². The van der Waals surface area contributed by atoms with Gasteiger partial charge in [0, 0.05) is 15.9 Å². The lowest BCUT2D eigenvalue weighted by molar-refractivity contribution is -0.659. The van der Waals surface area contributed by atoms with Gasteiger partial charge in [-0.2, -0.15) is 0 Å². The predicted molar refractivity (Wildman–Crippen MR) is 166 cm³/mol. The molecule has 0 fully saturated rings. The molecule has 1 aliphatic rings. The van der Waals surface area contributed by atoms with Crippen LogP contribution in [-0.4, -0.2) is 0 Å². The summed E-state index contributed by atoms with van der Waals surface area (Å²) in [6, 6.07) is 14.5. The van der Waals surface area contributed by atoms with Crippen molar-refractivity contribution in [3.63, 3.8) is 0 Å². The molecule has 38 heavy (non-hydrogen) atoms. The molecular weight excluding hydrogens is 478 g/mol. The molecule has 0 bridgehead atoms. The van der Waals surface area contributed by atoms with Crippen LogP contribution in [0.2, 0.25) is 0 Å². The van der Waals surface area contributed by atoms with E-state index in [0.29, 0.717) is 0 Å². The summed E-state index contributed by atoms with van der Waals surface area (Å²) in [5.74, 6) is 0. The largest absolute Gasteiger partial charge is 0.222 e. The highest BCUT2D eigenvalue weighted by Gasteiger charge is 2.33. The van der Waals surface area contributed by atoms with Crippen molar-refractivity contribution in [2.75, 3.05) is 0 Å². The summed E-state index contributed by atoms with van der Waals surface area (Å²) in [6.45, 7) is 23.5. The van der Waals surface area contributed by atoms with E-state index in [1.54, 1.807) is 0 Å². The Hall–Kier alpha value is -2.32. The Bertz CT molecular complexity index is 1570. The van der Waals surface area contributed by atoms with Gasteiger partial charge in [0.15, 0.2) is 6.20 Å². The second-order valence-electron chi connectivity index (χ2n) is 15.3. The lowest BCUT2D eigenvalue weighted by Crippen LogP contribution is -2.32. The number of aromatic nitrogens is 1. The molecule has 3 aromatic carbocycles. The van der Waals surface area contributed by atoms with Crippen molar-refractivity contribution < 1.29 is 4.57 Å². The minimum absolute atomic E-state index is 0.194. The van der Waals surface area contributed by atoms with Gasteiger partial charge in [0.2, 0.25) is 5.69 Å². The first-order chi connectivity index (χ1) is 17.5. The first kappa shape index (κ1) is 27.3. The van der Waals surface area contributed by atoms with Gasteiger partial charge in [-0.15, -0.1) is 0 Å². The summed E-state index contributed by atoms with van der Waals surface area (Å²) in [5.41, 5.74) is 9.36. The molecule has 0 atom stereocenters. The summed E-state index contributed by atoms with van der Waals surface area (Å²) in [5, 5.41) is 5.64. The van der Waals surface area contributed by atoms with Crippen molar-refractivity contribution in [3.8, 4) is 11.3 Å². The maximum absolute atomic E-state index is 2.52. The Morgan fingerprint density at radius 3 is 1.97 bits per heavy atom. The Balaban J connectivity index is 1.85. The molecule has 0 amide bonds. The highest BCUT2D eigenvalue weighted by molar-refractivity contribution is 7.99. The number of rotatable bonds is 3. The molecule has 1 aromatic heterocycles. The standard InChI is InChI=1S/C36H46NS/c1-22-26-13-12-23(19-34(2,3)4)17-27(26)28(21-36(8,9)10)33-30(22)32-31-25(14-15-37(32)11)16-24(18-29(31)38-33)20-35(5,6)7/h12-18H,19-21H2,1-11H3/q+1. The Labute approximate surface area is 235 Å². The van der Waals surface area contributed by atoms with E-state index in [-0.39, 0.29) is 16.2 Å². The third kappa shape index (κ3) is 5.26. The number of benzene rings is 3. The van der Waals surface area contributed by atoms with E-state index in [0.717, 1.165) is 19.3 Å². The molecular formula is C36H46NS+. The number of nitrogens with zero attached hydrogens (tertiary/aromatic N) is 1. The normalized spacial score (nSPS) is 13.9. The smallest absolute Gasteiger partial charge is 0.200 e. The second kappa shape index (κ2) is 9.12. The molecule has 0 aliphatic carbocycles. The fourth-order valence-corrected chi connectivity index (χ4v) is 7.71. The lowest BCUT2D eigenvalue weighted by atomic mass is 9.81. The zero-order valence-corrected chi connectivity index (χ0v) is 26.3. The zero-order chi connectivity index (χ0) is 27.8. The maximum atomic E-state index is 2.52. The fraction of sp³-hybridized carbons (Fsp3) is 0.472. The number of hydrogen-bond donors (Lipinski definition) is 0. The van der Waals surface area contributed by atoms with Crippen molar-refractivity contribution in [1.82, 2.24) is 0 Å². The molecule has 1 nitrogen and oxygen atoms in total. The van der Waals surface area contributed by atoms with E-state index >= 15 is 0 Å². The number of fused-ring (bicyclic) bond motifs is 3. The van der Waals surface area contributed by atoms with E-state index in [1.165, 1.54) is 64.8 Å². The maximum Gasteiger partial charge on any atom is 0.222 e. The highest BCUT2D eigenvalue weighted by atomic mass is 32.2. The minimum Gasteiger partial charge on any atom is -0.200 e. The number of aryl methyl sites for hydroxylation is 2. The van der Waals surface area contributed by atoms with Crippen LogP contribution in [0.1, 0.15) is 84.6 Å². The van der Waals surface area contributed by atoms with Gasteiger partial charge < -0.3 is 0 Å². The zero-order valence-electron chi connectivity index (χ0n) is 25.5. The quantitative estimate of drug-likeness (QED) is 0.212. The summed E-state index contributed by atoms with van der Waals surface area (Å²) in [7, 11) is 2.22. The average molecular weight is 525 g/mol. The predicted octanol–water partition coefficient (Wildman–Crippen LogP) is 10.0. The van der Waals surface area contributed by atoms with Crippen LogP contribution in [0.5, 0.6) is 0 Å². The summed E-state index contributed by atoms with van der Waals surface area (Å²) < 4.78 is 2.36.